The second kappa shape index (κ2) is 6.38. The van der Waals surface area contributed by atoms with E-state index in [9.17, 15) is 13.2 Å². The van der Waals surface area contributed by atoms with Gasteiger partial charge in [0.25, 0.3) is 0 Å². The number of hydrogen-bond donors (Lipinski definition) is 1. The van der Waals surface area contributed by atoms with Gasteiger partial charge in [-0.1, -0.05) is 18.7 Å². The zero-order chi connectivity index (χ0) is 10.5. The molecule has 1 atom stereocenters. The van der Waals surface area contributed by atoms with Gasteiger partial charge >= 0.3 is 6.08 Å². The summed E-state index contributed by atoms with van der Waals surface area (Å²) in [5.41, 5.74) is 0. The molecule has 0 aliphatic heterocycles. The van der Waals surface area contributed by atoms with E-state index in [1.807, 2.05) is 6.92 Å². The number of thiol groups is 1. The maximum atomic E-state index is 12.3. The lowest BCUT2D eigenvalue weighted by Crippen LogP contribution is -1.82. The smallest absolute Gasteiger partial charge is 0.206 e. The first-order chi connectivity index (χ1) is 5.89. The lowest BCUT2D eigenvalue weighted by molar-refractivity contribution is 0.373. The SMILES string of the molecule is CCP(=S)(S)SCCC(F)=C(F)F. The molecular weight excluding hydrogens is 256 g/mol. The summed E-state index contributed by atoms with van der Waals surface area (Å²) in [4.78, 5) is 0. The van der Waals surface area contributed by atoms with E-state index in [1.54, 1.807) is 0 Å². The van der Waals surface area contributed by atoms with Crippen molar-refractivity contribution in [1.82, 2.24) is 0 Å². The number of halogens is 3. The molecule has 0 nitrogen and oxygen atoms in total. The highest BCUT2D eigenvalue weighted by Crippen LogP contribution is 2.63. The Balaban J connectivity index is 3.82. The molecule has 0 N–H and O–H groups in total. The Morgan fingerprint density at radius 2 is 2.00 bits per heavy atom. The first-order valence-corrected chi connectivity index (χ1v) is 9.28. The van der Waals surface area contributed by atoms with Crippen molar-refractivity contribution in [2.75, 3.05) is 11.9 Å². The Labute approximate surface area is 90.3 Å². The van der Waals surface area contributed by atoms with Gasteiger partial charge in [-0.05, 0) is 6.16 Å². The van der Waals surface area contributed by atoms with Crippen LogP contribution >= 0.6 is 28.1 Å². The van der Waals surface area contributed by atoms with Crippen LogP contribution in [-0.4, -0.2) is 11.9 Å². The highest BCUT2D eigenvalue weighted by molar-refractivity contribution is 8.96. The van der Waals surface area contributed by atoms with Crippen LogP contribution in [0.1, 0.15) is 13.3 Å². The minimum Gasteiger partial charge on any atom is -0.206 e. The quantitative estimate of drug-likeness (QED) is 0.577. The summed E-state index contributed by atoms with van der Waals surface area (Å²) in [5.74, 6) is -1.07. The maximum absolute atomic E-state index is 12.3. The third-order valence-electron chi connectivity index (χ3n) is 1.22. The van der Waals surface area contributed by atoms with Crippen molar-refractivity contribution in [3.05, 3.63) is 11.9 Å². The molecule has 7 heteroatoms. The van der Waals surface area contributed by atoms with Gasteiger partial charge in [-0.25, -0.2) is 4.39 Å². The molecule has 0 aromatic heterocycles. The van der Waals surface area contributed by atoms with Gasteiger partial charge in [-0.2, -0.15) is 8.78 Å². The second-order valence-corrected chi connectivity index (χ2v) is 13.7. The summed E-state index contributed by atoms with van der Waals surface area (Å²) >= 11 is 10.6. The molecule has 0 aromatic rings. The van der Waals surface area contributed by atoms with Crippen molar-refractivity contribution in [3.8, 4) is 0 Å². The summed E-state index contributed by atoms with van der Waals surface area (Å²) in [5, 5.41) is 0. The number of hydrogen-bond acceptors (Lipinski definition) is 2. The van der Waals surface area contributed by atoms with Gasteiger partial charge in [0.15, 0.2) is 5.83 Å². The molecule has 0 aromatic carbocycles. The van der Waals surface area contributed by atoms with E-state index in [4.69, 9.17) is 11.8 Å². The average Bonchev–Trinajstić information content (AvgIpc) is 2.04. The molecule has 0 heterocycles. The summed E-state index contributed by atoms with van der Waals surface area (Å²) in [6.07, 6.45) is -1.75. The standard InChI is InChI=1S/C6H10F3PS3/c1-2-10(11,12)13-4-3-5(7)6(8)9/h2-4H2,1H3,(H,11,12). The third-order valence-corrected chi connectivity index (χ3v) is 8.95. The Hall–Kier alpha value is 0.880. The maximum Gasteiger partial charge on any atom is 0.301 e. The molecule has 0 rings (SSSR count). The van der Waals surface area contributed by atoms with Crippen LogP contribution in [0.25, 0.3) is 0 Å². The Kier molecular flexibility index (Phi) is 6.81. The van der Waals surface area contributed by atoms with Crippen molar-refractivity contribution >= 4 is 39.9 Å². The zero-order valence-corrected chi connectivity index (χ0v) is 10.4. The average molecular weight is 266 g/mol. The number of allylic oxidation sites excluding steroid dienone is 1. The minimum atomic E-state index is -2.23. The lowest BCUT2D eigenvalue weighted by atomic mass is 10.4. The number of rotatable bonds is 5. The third kappa shape index (κ3) is 6.89. The summed E-state index contributed by atoms with van der Waals surface area (Å²) in [6, 6.07) is 0. The van der Waals surface area contributed by atoms with Crippen LogP contribution in [0.15, 0.2) is 11.9 Å². The van der Waals surface area contributed by atoms with E-state index in [1.165, 1.54) is 11.4 Å². The Bertz CT molecular complexity index is 237. The second-order valence-electron chi connectivity index (χ2n) is 2.20. The first kappa shape index (κ1) is 13.9. The first-order valence-electron chi connectivity index (χ1n) is 3.55. The van der Waals surface area contributed by atoms with Crippen LogP contribution in [0.2, 0.25) is 0 Å². The van der Waals surface area contributed by atoms with Crippen LogP contribution in [0.4, 0.5) is 13.2 Å². The van der Waals surface area contributed by atoms with Crippen LogP contribution in [0.3, 0.4) is 0 Å². The molecule has 0 bridgehead atoms. The fourth-order valence-electron chi connectivity index (χ4n) is 0.464. The molecule has 78 valence electrons. The normalized spacial score (nSPS) is 15.2. The zero-order valence-electron chi connectivity index (χ0n) is 6.97. The fraction of sp³-hybridized carbons (Fsp3) is 0.667. The largest absolute Gasteiger partial charge is 0.301 e. The van der Waals surface area contributed by atoms with Gasteiger partial charge in [0.1, 0.15) is 0 Å². The van der Waals surface area contributed by atoms with Gasteiger partial charge in [-0.15, -0.1) is 23.6 Å². The molecule has 0 radical (unpaired) electrons. The Morgan fingerprint density at radius 1 is 1.46 bits per heavy atom. The van der Waals surface area contributed by atoms with Gasteiger partial charge in [0, 0.05) is 12.2 Å². The van der Waals surface area contributed by atoms with Gasteiger partial charge in [0.2, 0.25) is 0 Å². The molecule has 0 saturated carbocycles. The molecule has 0 saturated heterocycles. The summed E-state index contributed by atoms with van der Waals surface area (Å²) in [6.45, 7) is 1.89. The van der Waals surface area contributed by atoms with Gasteiger partial charge < -0.3 is 0 Å². The van der Waals surface area contributed by atoms with Crippen LogP contribution in [-0.2, 0) is 11.8 Å². The van der Waals surface area contributed by atoms with E-state index < -0.39 is 16.3 Å². The van der Waals surface area contributed by atoms with E-state index in [0.29, 0.717) is 0 Å². The lowest BCUT2D eigenvalue weighted by Gasteiger charge is -2.10. The summed E-state index contributed by atoms with van der Waals surface area (Å²) in [7, 11) is 0. The van der Waals surface area contributed by atoms with Crippen LogP contribution in [0.5, 0.6) is 0 Å². The van der Waals surface area contributed by atoms with Crippen LogP contribution < -0.4 is 0 Å². The van der Waals surface area contributed by atoms with E-state index in [2.05, 4.69) is 12.2 Å². The fourth-order valence-corrected chi connectivity index (χ4v) is 4.29. The molecule has 0 aliphatic rings. The monoisotopic (exact) mass is 266 g/mol. The Morgan fingerprint density at radius 3 is 2.38 bits per heavy atom. The molecule has 0 spiro atoms. The minimum absolute atomic E-state index is 0.258. The predicted molar refractivity (Wildman–Crippen MR) is 61.2 cm³/mol. The van der Waals surface area contributed by atoms with Gasteiger partial charge in [-0.3, -0.25) is 0 Å². The molecule has 13 heavy (non-hydrogen) atoms. The molecular formula is C6H10F3PS3. The van der Waals surface area contributed by atoms with Crippen molar-refractivity contribution in [1.29, 1.82) is 0 Å². The van der Waals surface area contributed by atoms with Crippen molar-refractivity contribution in [2.24, 2.45) is 0 Å². The van der Waals surface area contributed by atoms with E-state index in [-0.39, 0.29) is 12.2 Å². The predicted octanol–water partition coefficient (Wildman–Crippen LogP) is 4.45. The molecule has 1 unspecified atom stereocenters. The van der Waals surface area contributed by atoms with Crippen LogP contribution in [0, 0.1) is 0 Å². The molecule has 0 fully saturated rings. The van der Waals surface area contributed by atoms with Crippen molar-refractivity contribution in [3.63, 3.8) is 0 Å². The van der Waals surface area contributed by atoms with Crippen molar-refractivity contribution in [2.45, 2.75) is 13.3 Å². The van der Waals surface area contributed by atoms with E-state index >= 15 is 0 Å². The topological polar surface area (TPSA) is 0 Å². The summed E-state index contributed by atoms with van der Waals surface area (Å²) < 4.78 is 33.7. The molecule has 0 aliphatic carbocycles. The highest BCUT2D eigenvalue weighted by Gasteiger charge is 2.11. The highest BCUT2D eigenvalue weighted by atomic mass is 33.2. The van der Waals surface area contributed by atoms with Gasteiger partial charge in [0.05, 0.1) is 4.44 Å². The van der Waals surface area contributed by atoms with Crippen molar-refractivity contribution < 1.29 is 13.2 Å². The molecule has 0 amide bonds. The van der Waals surface area contributed by atoms with E-state index in [0.717, 1.165) is 6.16 Å².